The molecule has 0 aliphatic heterocycles. The molecule has 2 amide bonds. The largest absolute Gasteiger partial charge is 0.478 e. The number of unbranched alkanes of at least 4 members (excludes halogenated alkanes) is 2. The van der Waals surface area contributed by atoms with Gasteiger partial charge in [-0.1, -0.05) is 80.9 Å². The Kier molecular flexibility index (Phi) is 11.3. The molecule has 0 aliphatic rings. The third-order valence-corrected chi connectivity index (χ3v) is 6.18. The second-order valence-electron chi connectivity index (χ2n) is 10.9. The van der Waals surface area contributed by atoms with Crippen molar-refractivity contribution in [1.82, 2.24) is 10.2 Å². The number of nitrogens with zero attached hydrogens (tertiary/aromatic N) is 1. The Balaban J connectivity index is 2.27. The van der Waals surface area contributed by atoms with Crippen LogP contribution < -0.4 is 5.32 Å². The standard InChI is InChI=1S/C30H42N2O6/c1-22(2)26(31-28(36)38-29(3,4)5)30(37,27(34)35)32(21-24-18-12-7-13-19-24)25(33)20-14-8-11-17-23-15-9-6-10-16-23/h6-7,9-10,12-13,15-16,18-19,22,26,37H,8,11,14,17,20-21H2,1-5H3,(H,31,36)(H,34,35)/t26?,30-/m1/s1. The molecule has 38 heavy (non-hydrogen) atoms. The fourth-order valence-electron chi connectivity index (χ4n) is 4.31. The van der Waals surface area contributed by atoms with Crippen molar-refractivity contribution in [2.75, 3.05) is 0 Å². The summed E-state index contributed by atoms with van der Waals surface area (Å²) in [7, 11) is 0. The van der Waals surface area contributed by atoms with Gasteiger partial charge in [-0.25, -0.2) is 9.59 Å². The highest BCUT2D eigenvalue weighted by Gasteiger charge is 2.53. The summed E-state index contributed by atoms with van der Waals surface area (Å²) in [5, 5.41) is 24.6. The van der Waals surface area contributed by atoms with Gasteiger partial charge in [0.05, 0.1) is 6.04 Å². The number of amides is 2. The van der Waals surface area contributed by atoms with Crippen LogP contribution in [-0.4, -0.2) is 50.5 Å². The van der Waals surface area contributed by atoms with Gasteiger partial charge in [-0.05, 0) is 57.1 Å². The highest BCUT2D eigenvalue weighted by Crippen LogP contribution is 2.27. The molecule has 1 unspecified atom stereocenters. The summed E-state index contributed by atoms with van der Waals surface area (Å²) in [6.07, 6.45) is 2.27. The van der Waals surface area contributed by atoms with Crippen molar-refractivity contribution in [3.63, 3.8) is 0 Å². The molecule has 0 bridgehead atoms. The first-order valence-electron chi connectivity index (χ1n) is 13.2. The number of alkyl carbamates (subject to hydrolysis) is 1. The molecular formula is C30H42N2O6. The van der Waals surface area contributed by atoms with Gasteiger partial charge >= 0.3 is 12.1 Å². The Labute approximate surface area is 226 Å². The van der Waals surface area contributed by atoms with Crippen molar-refractivity contribution in [3.05, 3.63) is 71.8 Å². The van der Waals surface area contributed by atoms with E-state index in [0.29, 0.717) is 12.0 Å². The van der Waals surface area contributed by atoms with E-state index >= 15 is 0 Å². The normalized spacial score (nSPS) is 13.9. The first kappa shape index (κ1) is 30.8. The number of aryl methyl sites for hydroxylation is 1. The molecule has 0 radical (unpaired) electrons. The summed E-state index contributed by atoms with van der Waals surface area (Å²) >= 11 is 0. The van der Waals surface area contributed by atoms with Crippen molar-refractivity contribution in [3.8, 4) is 0 Å². The lowest BCUT2D eigenvalue weighted by Crippen LogP contribution is -2.69. The minimum absolute atomic E-state index is 0.0640. The van der Waals surface area contributed by atoms with Gasteiger partial charge in [0.25, 0.3) is 5.72 Å². The molecule has 8 heteroatoms. The zero-order valence-electron chi connectivity index (χ0n) is 23.1. The van der Waals surface area contributed by atoms with E-state index < -0.39 is 41.3 Å². The molecule has 8 nitrogen and oxygen atoms in total. The van der Waals surface area contributed by atoms with E-state index in [0.717, 1.165) is 24.2 Å². The highest BCUT2D eigenvalue weighted by molar-refractivity contribution is 5.87. The number of aliphatic hydroxyl groups is 1. The van der Waals surface area contributed by atoms with Crippen LogP contribution in [0.1, 0.15) is 71.4 Å². The zero-order chi connectivity index (χ0) is 28.3. The molecular weight excluding hydrogens is 484 g/mol. The van der Waals surface area contributed by atoms with Crippen LogP contribution in [0.4, 0.5) is 4.79 Å². The number of aliphatic carboxylic acids is 1. The molecule has 0 saturated carbocycles. The van der Waals surface area contributed by atoms with E-state index in [1.54, 1.807) is 58.9 Å². The van der Waals surface area contributed by atoms with Crippen LogP contribution in [0, 0.1) is 5.92 Å². The van der Waals surface area contributed by atoms with E-state index in [2.05, 4.69) is 17.4 Å². The fourth-order valence-corrected chi connectivity index (χ4v) is 4.31. The molecule has 0 heterocycles. The Morgan fingerprint density at radius 3 is 1.95 bits per heavy atom. The molecule has 0 saturated heterocycles. The molecule has 0 aliphatic carbocycles. The molecule has 2 atom stereocenters. The maximum atomic E-state index is 13.5. The van der Waals surface area contributed by atoms with Crippen LogP contribution in [0.5, 0.6) is 0 Å². The zero-order valence-corrected chi connectivity index (χ0v) is 23.1. The SMILES string of the molecule is CC(C)C(NC(=O)OC(C)(C)C)[C@@](O)(C(=O)O)N(Cc1ccccc1)C(=O)CCCCCc1ccccc1. The summed E-state index contributed by atoms with van der Waals surface area (Å²) in [5.74, 6) is -2.67. The summed E-state index contributed by atoms with van der Waals surface area (Å²) in [6, 6.07) is 17.6. The minimum atomic E-state index is -2.71. The van der Waals surface area contributed by atoms with Gasteiger partial charge in [-0.2, -0.15) is 0 Å². The average molecular weight is 527 g/mol. The summed E-state index contributed by atoms with van der Waals surface area (Å²) in [5.41, 5.74) is -1.66. The molecule has 0 spiro atoms. The predicted octanol–water partition coefficient (Wildman–Crippen LogP) is 5.14. The maximum absolute atomic E-state index is 13.5. The monoisotopic (exact) mass is 526 g/mol. The molecule has 2 rings (SSSR count). The Morgan fingerprint density at radius 1 is 0.895 bits per heavy atom. The number of ether oxygens (including phenoxy) is 1. The Morgan fingerprint density at radius 2 is 1.45 bits per heavy atom. The number of carboxylic acids is 1. The number of hydrogen-bond donors (Lipinski definition) is 3. The third kappa shape index (κ3) is 9.17. The lowest BCUT2D eigenvalue weighted by molar-refractivity contribution is -0.199. The van der Waals surface area contributed by atoms with E-state index in [1.165, 1.54) is 5.56 Å². The number of carbonyl (C=O) groups excluding carboxylic acids is 2. The predicted molar refractivity (Wildman–Crippen MR) is 146 cm³/mol. The van der Waals surface area contributed by atoms with Crippen LogP contribution in [0.25, 0.3) is 0 Å². The molecule has 208 valence electrons. The second-order valence-corrected chi connectivity index (χ2v) is 10.9. The van der Waals surface area contributed by atoms with Crippen LogP contribution in [-0.2, 0) is 27.3 Å². The lowest BCUT2D eigenvalue weighted by atomic mass is 9.90. The van der Waals surface area contributed by atoms with Crippen molar-refractivity contribution in [1.29, 1.82) is 0 Å². The number of carbonyl (C=O) groups is 3. The smallest absolute Gasteiger partial charge is 0.408 e. The Bertz CT molecular complexity index is 1040. The molecule has 2 aromatic carbocycles. The average Bonchev–Trinajstić information content (AvgIpc) is 2.85. The number of rotatable bonds is 13. The van der Waals surface area contributed by atoms with E-state index in [4.69, 9.17) is 4.74 Å². The highest BCUT2D eigenvalue weighted by atomic mass is 16.6. The minimum Gasteiger partial charge on any atom is -0.478 e. The first-order chi connectivity index (χ1) is 17.8. The maximum Gasteiger partial charge on any atom is 0.408 e. The van der Waals surface area contributed by atoms with Gasteiger partial charge < -0.3 is 20.3 Å². The van der Waals surface area contributed by atoms with Gasteiger partial charge in [-0.15, -0.1) is 0 Å². The topological polar surface area (TPSA) is 116 Å². The number of benzene rings is 2. The van der Waals surface area contributed by atoms with Crippen LogP contribution in [0.3, 0.4) is 0 Å². The number of hydrogen-bond acceptors (Lipinski definition) is 5. The first-order valence-corrected chi connectivity index (χ1v) is 13.2. The molecule has 3 N–H and O–H groups in total. The number of carboxylic acid groups (broad SMARTS) is 1. The quantitative estimate of drug-likeness (QED) is 0.246. The van der Waals surface area contributed by atoms with Crippen LogP contribution >= 0.6 is 0 Å². The van der Waals surface area contributed by atoms with Crippen molar-refractivity contribution < 1.29 is 29.3 Å². The summed E-state index contributed by atoms with van der Waals surface area (Å²) < 4.78 is 5.32. The van der Waals surface area contributed by atoms with E-state index in [9.17, 15) is 24.6 Å². The fraction of sp³-hybridized carbons (Fsp3) is 0.500. The summed E-state index contributed by atoms with van der Waals surface area (Å²) in [4.78, 5) is 39.8. The van der Waals surface area contributed by atoms with Gasteiger partial charge in [-0.3, -0.25) is 9.69 Å². The van der Waals surface area contributed by atoms with Gasteiger partial charge in [0.15, 0.2) is 0 Å². The van der Waals surface area contributed by atoms with Crippen molar-refractivity contribution in [2.45, 2.75) is 90.6 Å². The van der Waals surface area contributed by atoms with Crippen LogP contribution in [0.2, 0.25) is 0 Å². The van der Waals surface area contributed by atoms with Gasteiger partial charge in [0.1, 0.15) is 5.60 Å². The third-order valence-electron chi connectivity index (χ3n) is 6.18. The van der Waals surface area contributed by atoms with E-state index in [1.807, 2.05) is 24.3 Å². The van der Waals surface area contributed by atoms with Gasteiger partial charge in [0, 0.05) is 13.0 Å². The van der Waals surface area contributed by atoms with Gasteiger partial charge in [0.2, 0.25) is 5.91 Å². The Hall–Kier alpha value is -3.39. The second kappa shape index (κ2) is 14.0. The lowest BCUT2D eigenvalue weighted by Gasteiger charge is -2.43. The number of nitrogens with one attached hydrogen (secondary N) is 1. The molecule has 2 aromatic rings. The van der Waals surface area contributed by atoms with Crippen LogP contribution in [0.15, 0.2) is 60.7 Å². The van der Waals surface area contributed by atoms with Crippen molar-refractivity contribution >= 4 is 18.0 Å². The molecule has 0 aromatic heterocycles. The molecule has 0 fully saturated rings. The van der Waals surface area contributed by atoms with Crippen molar-refractivity contribution in [2.24, 2.45) is 5.92 Å². The van der Waals surface area contributed by atoms with E-state index in [-0.39, 0.29) is 13.0 Å². The summed E-state index contributed by atoms with van der Waals surface area (Å²) in [6.45, 7) is 8.26.